The molecule has 0 radical (unpaired) electrons. The van der Waals surface area contributed by atoms with E-state index in [1.165, 1.54) is 0 Å². The quantitative estimate of drug-likeness (QED) is 0.791. The third kappa shape index (κ3) is 4.79. The van der Waals surface area contributed by atoms with Crippen LogP contribution in [0.1, 0.15) is 11.4 Å². The van der Waals surface area contributed by atoms with Crippen LogP contribution in [0, 0.1) is 0 Å². The topological polar surface area (TPSA) is 98.0 Å². The normalized spacial score (nSPS) is 12.9. The van der Waals surface area contributed by atoms with Crippen molar-refractivity contribution in [3.63, 3.8) is 0 Å². The molecule has 0 amide bonds. The van der Waals surface area contributed by atoms with Crippen LogP contribution in [-0.4, -0.2) is 18.4 Å². The first-order valence-corrected chi connectivity index (χ1v) is 7.75. The van der Waals surface area contributed by atoms with Crippen LogP contribution < -0.4 is 10.5 Å². The fourth-order valence-electron chi connectivity index (χ4n) is 1.65. The number of primary sulfonamides is 1. The SMILES string of the molecule is NS(=O)(=O)c1ccc(Nc2nc(C(F)(F)F)cc(C(F)(F)F)n2)cc1. The van der Waals surface area contributed by atoms with Crippen molar-refractivity contribution < 1.29 is 34.8 Å². The number of aromatic nitrogens is 2. The summed E-state index contributed by atoms with van der Waals surface area (Å²) in [6.45, 7) is 0. The Balaban J connectivity index is 2.42. The van der Waals surface area contributed by atoms with Crippen molar-refractivity contribution in [2.24, 2.45) is 5.14 Å². The number of hydrogen-bond donors (Lipinski definition) is 2. The van der Waals surface area contributed by atoms with Crippen molar-refractivity contribution in [1.82, 2.24) is 9.97 Å². The largest absolute Gasteiger partial charge is 0.433 e. The summed E-state index contributed by atoms with van der Waals surface area (Å²) in [5.41, 5.74) is -3.60. The molecule has 0 saturated heterocycles. The highest BCUT2D eigenvalue weighted by Crippen LogP contribution is 2.34. The molecule has 3 N–H and O–H groups in total. The smallest absolute Gasteiger partial charge is 0.324 e. The van der Waals surface area contributed by atoms with Crippen LogP contribution in [0.5, 0.6) is 0 Å². The molecule has 0 aliphatic heterocycles. The molecule has 1 aromatic carbocycles. The number of nitrogens with zero attached hydrogens (tertiary/aromatic N) is 2. The first-order valence-electron chi connectivity index (χ1n) is 6.20. The predicted octanol–water partition coefficient (Wildman–Crippen LogP) is 2.91. The lowest BCUT2D eigenvalue weighted by Gasteiger charge is -2.13. The number of anilines is 2. The standard InChI is InChI=1S/C12H8F6N4O2S/c13-11(14,15)8-5-9(12(16,17)18)22-10(21-8)20-6-1-3-7(4-2-6)25(19,23)24/h1-5H,(H2,19,23,24)(H,20,21,22). The molecule has 0 fully saturated rings. The number of nitrogens with two attached hydrogens (primary N) is 1. The summed E-state index contributed by atoms with van der Waals surface area (Å²) in [5, 5.41) is 7.02. The van der Waals surface area contributed by atoms with E-state index < -0.39 is 39.7 Å². The second-order valence-electron chi connectivity index (χ2n) is 4.65. The van der Waals surface area contributed by atoms with E-state index in [0.29, 0.717) is 0 Å². The molecule has 0 saturated carbocycles. The maximum absolute atomic E-state index is 12.7. The molecule has 0 spiro atoms. The third-order valence-corrected chi connectivity index (χ3v) is 3.68. The Morgan fingerprint density at radius 3 is 1.68 bits per heavy atom. The number of hydrogen-bond acceptors (Lipinski definition) is 5. The molecule has 0 unspecified atom stereocenters. The fourth-order valence-corrected chi connectivity index (χ4v) is 2.17. The second kappa shape index (κ2) is 6.15. The molecule has 6 nitrogen and oxygen atoms in total. The fraction of sp³-hybridized carbons (Fsp3) is 0.167. The van der Waals surface area contributed by atoms with Crippen molar-refractivity contribution in [3.05, 3.63) is 41.7 Å². The van der Waals surface area contributed by atoms with E-state index in [1.54, 1.807) is 0 Å². The van der Waals surface area contributed by atoms with E-state index in [0.717, 1.165) is 24.3 Å². The van der Waals surface area contributed by atoms with Gasteiger partial charge in [-0.25, -0.2) is 23.5 Å². The summed E-state index contributed by atoms with van der Waals surface area (Å²) >= 11 is 0. The van der Waals surface area contributed by atoms with E-state index in [2.05, 4.69) is 15.3 Å². The lowest BCUT2D eigenvalue weighted by molar-refractivity contribution is -0.147. The predicted molar refractivity (Wildman–Crippen MR) is 73.1 cm³/mol. The number of rotatable bonds is 3. The first-order chi connectivity index (χ1) is 11.3. The van der Waals surface area contributed by atoms with Crippen LogP contribution in [-0.2, 0) is 22.4 Å². The lowest BCUT2D eigenvalue weighted by atomic mass is 10.3. The molecule has 1 heterocycles. The minimum absolute atomic E-state index is 0.0418. The molecule has 2 rings (SSSR count). The summed E-state index contributed by atoms with van der Waals surface area (Å²) in [4.78, 5) is 5.70. The average molecular weight is 386 g/mol. The molecule has 0 aliphatic rings. The van der Waals surface area contributed by atoms with Gasteiger partial charge in [0.25, 0.3) is 0 Å². The Labute approximate surface area is 136 Å². The second-order valence-corrected chi connectivity index (χ2v) is 6.21. The molecule has 0 aliphatic carbocycles. The van der Waals surface area contributed by atoms with Crippen LogP contribution in [0.15, 0.2) is 35.2 Å². The van der Waals surface area contributed by atoms with Gasteiger partial charge in [-0.05, 0) is 30.3 Å². The van der Waals surface area contributed by atoms with E-state index in [-0.39, 0.29) is 16.6 Å². The van der Waals surface area contributed by atoms with Gasteiger partial charge in [0.1, 0.15) is 0 Å². The van der Waals surface area contributed by atoms with Gasteiger partial charge in [-0.1, -0.05) is 0 Å². The average Bonchev–Trinajstić information content (AvgIpc) is 2.44. The van der Waals surface area contributed by atoms with Gasteiger partial charge in [0.05, 0.1) is 4.90 Å². The van der Waals surface area contributed by atoms with Crippen molar-refractivity contribution in [1.29, 1.82) is 0 Å². The van der Waals surface area contributed by atoms with Gasteiger partial charge in [-0.3, -0.25) is 0 Å². The monoisotopic (exact) mass is 386 g/mol. The van der Waals surface area contributed by atoms with Crippen molar-refractivity contribution >= 4 is 21.7 Å². The minimum Gasteiger partial charge on any atom is -0.324 e. The molecular weight excluding hydrogens is 378 g/mol. The maximum Gasteiger partial charge on any atom is 0.433 e. The zero-order valence-corrected chi connectivity index (χ0v) is 12.7. The Bertz CT molecular complexity index is 846. The van der Waals surface area contributed by atoms with Gasteiger partial charge < -0.3 is 5.32 Å². The summed E-state index contributed by atoms with van der Waals surface area (Å²) in [6, 6.07) is 3.97. The molecule has 13 heteroatoms. The lowest BCUT2D eigenvalue weighted by Crippen LogP contribution is -2.16. The highest BCUT2D eigenvalue weighted by atomic mass is 32.2. The van der Waals surface area contributed by atoms with Crippen molar-refractivity contribution in [2.75, 3.05) is 5.32 Å². The number of benzene rings is 1. The van der Waals surface area contributed by atoms with Crippen LogP contribution >= 0.6 is 0 Å². The van der Waals surface area contributed by atoms with Gasteiger partial charge in [0.2, 0.25) is 16.0 Å². The number of halogens is 6. The van der Waals surface area contributed by atoms with E-state index >= 15 is 0 Å². The van der Waals surface area contributed by atoms with Crippen molar-refractivity contribution in [2.45, 2.75) is 17.2 Å². The Morgan fingerprint density at radius 2 is 1.32 bits per heavy atom. The minimum atomic E-state index is -5.11. The van der Waals surface area contributed by atoms with Gasteiger partial charge >= 0.3 is 12.4 Å². The summed E-state index contributed by atoms with van der Waals surface area (Å²) in [5.74, 6) is -0.953. The van der Waals surface area contributed by atoms with Gasteiger partial charge in [0.15, 0.2) is 11.4 Å². The van der Waals surface area contributed by atoms with Crippen molar-refractivity contribution in [3.8, 4) is 0 Å². The summed E-state index contributed by atoms with van der Waals surface area (Å²) in [7, 11) is -4.00. The zero-order valence-electron chi connectivity index (χ0n) is 11.9. The summed E-state index contributed by atoms with van der Waals surface area (Å²) in [6.07, 6.45) is -10.2. The first kappa shape index (κ1) is 18.9. The molecule has 0 atom stereocenters. The Kier molecular flexibility index (Phi) is 4.65. The zero-order chi connectivity index (χ0) is 19.0. The van der Waals surface area contributed by atoms with Crippen LogP contribution in [0.3, 0.4) is 0 Å². The van der Waals surface area contributed by atoms with Gasteiger partial charge in [0, 0.05) is 5.69 Å². The number of sulfonamides is 1. The molecule has 0 bridgehead atoms. The molecule has 136 valence electrons. The highest BCUT2D eigenvalue weighted by molar-refractivity contribution is 7.89. The van der Waals surface area contributed by atoms with Crippen LogP contribution in [0.4, 0.5) is 38.0 Å². The Morgan fingerprint density at radius 1 is 0.880 bits per heavy atom. The highest BCUT2D eigenvalue weighted by Gasteiger charge is 2.39. The number of alkyl halides is 6. The molecular formula is C12H8F6N4O2S. The maximum atomic E-state index is 12.7. The van der Waals surface area contributed by atoms with Crippen LogP contribution in [0.25, 0.3) is 0 Å². The van der Waals surface area contributed by atoms with E-state index in [1.807, 2.05) is 0 Å². The number of nitrogens with one attached hydrogen (secondary N) is 1. The van der Waals surface area contributed by atoms with Gasteiger partial charge in [-0.15, -0.1) is 0 Å². The van der Waals surface area contributed by atoms with Gasteiger partial charge in [-0.2, -0.15) is 26.3 Å². The molecule has 25 heavy (non-hydrogen) atoms. The Hall–Kier alpha value is -2.41. The van der Waals surface area contributed by atoms with Crippen LogP contribution in [0.2, 0.25) is 0 Å². The van der Waals surface area contributed by atoms with E-state index in [9.17, 15) is 34.8 Å². The molecule has 1 aromatic heterocycles. The van der Waals surface area contributed by atoms with E-state index in [4.69, 9.17) is 5.14 Å². The molecule has 2 aromatic rings. The summed E-state index contributed by atoms with van der Waals surface area (Å²) < 4.78 is 98.3. The third-order valence-electron chi connectivity index (χ3n) is 2.75.